The highest BCUT2D eigenvalue weighted by Crippen LogP contribution is 2.21. The van der Waals surface area contributed by atoms with Crippen molar-refractivity contribution in [2.75, 3.05) is 39.8 Å². The van der Waals surface area contributed by atoms with Crippen LogP contribution in [-0.2, 0) is 15.1 Å². The molecule has 2 rings (SSSR count). The minimum absolute atomic E-state index is 0.00674. The first-order chi connectivity index (χ1) is 10.4. The first-order valence-corrected chi connectivity index (χ1v) is 7.52. The molecule has 1 aromatic carbocycles. The van der Waals surface area contributed by atoms with Gasteiger partial charge in [0.15, 0.2) is 0 Å². The van der Waals surface area contributed by atoms with Gasteiger partial charge in [-0.05, 0) is 12.5 Å². The van der Waals surface area contributed by atoms with Crippen molar-refractivity contribution in [3.05, 3.63) is 35.9 Å². The van der Waals surface area contributed by atoms with Crippen LogP contribution in [0.2, 0.25) is 0 Å². The van der Waals surface area contributed by atoms with Crippen LogP contribution in [0, 0.1) is 0 Å². The number of carbonyl (C=O) groups is 2. The van der Waals surface area contributed by atoms with Crippen LogP contribution >= 0.6 is 0 Å². The van der Waals surface area contributed by atoms with Gasteiger partial charge in [-0.15, -0.1) is 0 Å². The SMILES string of the molecule is CNC(=O)CN1CCN(C(=O)C(C)(N)c2ccccc2)CC1. The number of nitrogens with two attached hydrogens (primary N) is 1. The summed E-state index contributed by atoms with van der Waals surface area (Å²) in [7, 11) is 1.63. The van der Waals surface area contributed by atoms with Crippen molar-refractivity contribution < 1.29 is 9.59 Å². The summed E-state index contributed by atoms with van der Waals surface area (Å²) in [6.45, 7) is 4.68. The number of nitrogens with zero attached hydrogens (tertiary/aromatic N) is 2. The summed E-state index contributed by atoms with van der Waals surface area (Å²) in [5, 5.41) is 2.61. The van der Waals surface area contributed by atoms with Crippen molar-refractivity contribution in [3.8, 4) is 0 Å². The molecule has 2 amide bonds. The van der Waals surface area contributed by atoms with E-state index in [1.165, 1.54) is 0 Å². The number of carbonyl (C=O) groups excluding carboxylic acids is 2. The van der Waals surface area contributed by atoms with E-state index in [0.29, 0.717) is 32.7 Å². The van der Waals surface area contributed by atoms with Crippen molar-refractivity contribution in [3.63, 3.8) is 0 Å². The first kappa shape index (κ1) is 16.5. The van der Waals surface area contributed by atoms with Crippen LogP contribution in [0.15, 0.2) is 30.3 Å². The van der Waals surface area contributed by atoms with Gasteiger partial charge in [0.1, 0.15) is 5.54 Å². The van der Waals surface area contributed by atoms with Gasteiger partial charge in [0.25, 0.3) is 0 Å². The summed E-state index contributed by atoms with van der Waals surface area (Å²) in [5.41, 5.74) is 6.07. The summed E-state index contributed by atoms with van der Waals surface area (Å²) in [4.78, 5) is 27.9. The van der Waals surface area contributed by atoms with Crippen molar-refractivity contribution in [1.82, 2.24) is 15.1 Å². The van der Waals surface area contributed by atoms with E-state index in [9.17, 15) is 9.59 Å². The quantitative estimate of drug-likeness (QED) is 0.804. The molecule has 0 bridgehead atoms. The van der Waals surface area contributed by atoms with Crippen LogP contribution in [0.4, 0.5) is 0 Å². The molecule has 1 heterocycles. The zero-order valence-electron chi connectivity index (χ0n) is 13.2. The van der Waals surface area contributed by atoms with Crippen LogP contribution in [0.5, 0.6) is 0 Å². The number of nitrogens with one attached hydrogen (secondary N) is 1. The molecule has 0 aliphatic carbocycles. The highest BCUT2D eigenvalue weighted by Gasteiger charge is 2.35. The second-order valence-corrected chi connectivity index (χ2v) is 5.81. The summed E-state index contributed by atoms with van der Waals surface area (Å²) in [5.74, 6) is -0.0778. The first-order valence-electron chi connectivity index (χ1n) is 7.52. The number of amides is 2. The van der Waals surface area contributed by atoms with Gasteiger partial charge in [-0.1, -0.05) is 30.3 Å². The van der Waals surface area contributed by atoms with Crippen molar-refractivity contribution in [1.29, 1.82) is 0 Å². The number of likely N-dealkylation sites (N-methyl/N-ethyl adjacent to an activating group) is 1. The summed E-state index contributed by atoms with van der Waals surface area (Å²) in [6.07, 6.45) is 0. The second-order valence-electron chi connectivity index (χ2n) is 5.81. The van der Waals surface area contributed by atoms with Crippen LogP contribution < -0.4 is 11.1 Å². The van der Waals surface area contributed by atoms with Crippen molar-refractivity contribution in [2.24, 2.45) is 5.73 Å². The van der Waals surface area contributed by atoms with Gasteiger partial charge in [-0.2, -0.15) is 0 Å². The number of piperazine rings is 1. The van der Waals surface area contributed by atoms with Gasteiger partial charge in [0, 0.05) is 33.2 Å². The van der Waals surface area contributed by atoms with E-state index in [4.69, 9.17) is 5.73 Å². The minimum Gasteiger partial charge on any atom is -0.358 e. The second kappa shape index (κ2) is 6.89. The zero-order chi connectivity index (χ0) is 16.2. The standard InChI is InChI=1S/C16H24N4O2/c1-16(17,13-6-4-3-5-7-13)15(22)20-10-8-19(9-11-20)12-14(21)18-2/h3-7H,8-12,17H2,1-2H3,(H,18,21). The van der Waals surface area contributed by atoms with Gasteiger partial charge >= 0.3 is 0 Å². The third-order valence-corrected chi connectivity index (χ3v) is 4.12. The highest BCUT2D eigenvalue weighted by molar-refractivity contribution is 5.87. The number of hydrogen-bond acceptors (Lipinski definition) is 4. The van der Waals surface area contributed by atoms with Crippen LogP contribution in [0.3, 0.4) is 0 Å². The molecule has 6 heteroatoms. The molecule has 1 aliphatic rings. The fourth-order valence-electron chi connectivity index (χ4n) is 2.63. The number of benzene rings is 1. The van der Waals surface area contributed by atoms with Gasteiger partial charge in [-0.25, -0.2) is 0 Å². The molecule has 6 nitrogen and oxygen atoms in total. The Morgan fingerprint density at radius 3 is 2.32 bits per heavy atom. The van der Waals surface area contributed by atoms with Crippen LogP contribution in [0.25, 0.3) is 0 Å². The molecule has 120 valence electrons. The third kappa shape index (κ3) is 3.64. The monoisotopic (exact) mass is 304 g/mol. The Morgan fingerprint density at radius 2 is 1.77 bits per heavy atom. The highest BCUT2D eigenvalue weighted by atomic mass is 16.2. The maximum Gasteiger partial charge on any atom is 0.247 e. The molecule has 1 aromatic rings. The van der Waals surface area contributed by atoms with E-state index in [-0.39, 0.29) is 11.8 Å². The normalized spacial score (nSPS) is 18.6. The average Bonchev–Trinajstić information content (AvgIpc) is 2.55. The largest absolute Gasteiger partial charge is 0.358 e. The summed E-state index contributed by atoms with van der Waals surface area (Å²) >= 11 is 0. The Morgan fingerprint density at radius 1 is 1.18 bits per heavy atom. The Labute approximate surface area is 131 Å². The van der Waals surface area contributed by atoms with Crippen LogP contribution in [-0.4, -0.2) is 61.4 Å². The summed E-state index contributed by atoms with van der Waals surface area (Å²) in [6, 6.07) is 9.42. The Bertz CT molecular complexity index is 522. The molecule has 0 saturated carbocycles. The molecule has 3 N–H and O–H groups in total. The predicted octanol–water partition coefficient (Wildman–Crippen LogP) is -0.249. The molecule has 0 aromatic heterocycles. The summed E-state index contributed by atoms with van der Waals surface area (Å²) < 4.78 is 0. The average molecular weight is 304 g/mol. The van der Waals surface area contributed by atoms with E-state index in [1.807, 2.05) is 35.2 Å². The zero-order valence-corrected chi connectivity index (χ0v) is 13.2. The number of hydrogen-bond donors (Lipinski definition) is 2. The lowest BCUT2D eigenvalue weighted by atomic mass is 9.91. The van der Waals surface area contributed by atoms with Gasteiger partial charge in [0.2, 0.25) is 11.8 Å². The molecule has 1 saturated heterocycles. The van der Waals surface area contributed by atoms with Crippen molar-refractivity contribution in [2.45, 2.75) is 12.5 Å². The van der Waals surface area contributed by atoms with E-state index >= 15 is 0 Å². The molecule has 0 spiro atoms. The lowest BCUT2D eigenvalue weighted by molar-refractivity contribution is -0.138. The fraction of sp³-hybridized carbons (Fsp3) is 0.500. The molecule has 1 fully saturated rings. The van der Waals surface area contributed by atoms with E-state index < -0.39 is 5.54 Å². The Kier molecular flexibility index (Phi) is 5.15. The molecule has 22 heavy (non-hydrogen) atoms. The molecule has 0 radical (unpaired) electrons. The molecular weight excluding hydrogens is 280 g/mol. The topological polar surface area (TPSA) is 78.7 Å². The van der Waals surface area contributed by atoms with Crippen molar-refractivity contribution >= 4 is 11.8 Å². The van der Waals surface area contributed by atoms with Gasteiger partial charge in [0.05, 0.1) is 6.54 Å². The van der Waals surface area contributed by atoms with E-state index in [1.54, 1.807) is 18.9 Å². The lowest BCUT2D eigenvalue weighted by Gasteiger charge is -2.38. The number of rotatable bonds is 4. The van der Waals surface area contributed by atoms with Gasteiger partial charge in [-0.3, -0.25) is 14.5 Å². The lowest BCUT2D eigenvalue weighted by Crippen LogP contribution is -2.57. The van der Waals surface area contributed by atoms with E-state index in [2.05, 4.69) is 5.32 Å². The Hall–Kier alpha value is -1.92. The maximum absolute atomic E-state index is 12.7. The third-order valence-electron chi connectivity index (χ3n) is 4.12. The molecule has 1 atom stereocenters. The smallest absolute Gasteiger partial charge is 0.247 e. The van der Waals surface area contributed by atoms with E-state index in [0.717, 1.165) is 5.56 Å². The maximum atomic E-state index is 12.7. The minimum atomic E-state index is -1.02. The fourth-order valence-corrected chi connectivity index (χ4v) is 2.63. The van der Waals surface area contributed by atoms with Gasteiger partial charge < -0.3 is 16.0 Å². The molecular formula is C16H24N4O2. The van der Waals surface area contributed by atoms with Crippen LogP contribution in [0.1, 0.15) is 12.5 Å². The Balaban J connectivity index is 1.96. The molecule has 1 aliphatic heterocycles. The molecule has 1 unspecified atom stereocenters. The predicted molar refractivity (Wildman–Crippen MR) is 85.1 cm³/mol.